The summed E-state index contributed by atoms with van der Waals surface area (Å²) >= 11 is 5.93. The van der Waals surface area contributed by atoms with Gasteiger partial charge in [0.05, 0.1) is 18.2 Å². The van der Waals surface area contributed by atoms with Gasteiger partial charge in [0.25, 0.3) is 5.91 Å². The highest BCUT2D eigenvalue weighted by atomic mass is 35.5. The van der Waals surface area contributed by atoms with Crippen molar-refractivity contribution in [3.8, 4) is 23.1 Å². The standard InChI is InChI=1S/C20H14ClF2N3O6/c21-10-3-1-4-11(7-10)26-16(27)8-14(25-26)19(30)24-13(9-17(28)29)12-5-2-6-15-18(12)32-20(22,23)31-15/h1-8,13,27H,9H2,(H,24,30)(H,28,29). The van der Waals surface area contributed by atoms with Crippen molar-refractivity contribution >= 4 is 23.5 Å². The maximum absolute atomic E-state index is 13.5. The smallest absolute Gasteiger partial charge is 0.493 e. The Kier molecular flexibility index (Phi) is 5.35. The second-order valence-corrected chi connectivity index (χ2v) is 7.18. The Balaban J connectivity index is 1.63. The molecule has 3 N–H and O–H groups in total. The highest BCUT2D eigenvalue weighted by molar-refractivity contribution is 6.30. The minimum atomic E-state index is -3.92. The van der Waals surface area contributed by atoms with Crippen LogP contribution in [0.5, 0.6) is 17.4 Å². The first-order valence-electron chi connectivity index (χ1n) is 9.09. The van der Waals surface area contributed by atoms with Crippen LogP contribution in [-0.2, 0) is 4.79 Å². The van der Waals surface area contributed by atoms with Crippen molar-refractivity contribution in [1.29, 1.82) is 0 Å². The number of nitrogens with one attached hydrogen (secondary N) is 1. The van der Waals surface area contributed by atoms with Crippen LogP contribution in [0.2, 0.25) is 5.02 Å². The number of carbonyl (C=O) groups is 2. The fraction of sp³-hybridized carbons (Fsp3) is 0.150. The fourth-order valence-corrected chi connectivity index (χ4v) is 3.37. The van der Waals surface area contributed by atoms with Gasteiger partial charge >= 0.3 is 12.3 Å². The number of amides is 1. The minimum absolute atomic E-state index is 0.0195. The number of carboxylic acid groups (broad SMARTS) is 1. The number of benzene rings is 2. The number of aliphatic carboxylic acids is 1. The largest absolute Gasteiger partial charge is 0.586 e. The number of rotatable bonds is 6. The third kappa shape index (κ3) is 4.28. The first kappa shape index (κ1) is 21.4. The van der Waals surface area contributed by atoms with E-state index >= 15 is 0 Å². The van der Waals surface area contributed by atoms with Crippen LogP contribution >= 0.6 is 11.6 Å². The van der Waals surface area contributed by atoms with Gasteiger partial charge in [0, 0.05) is 16.7 Å². The van der Waals surface area contributed by atoms with E-state index in [9.17, 15) is 28.6 Å². The van der Waals surface area contributed by atoms with Crippen molar-refractivity contribution < 1.29 is 38.1 Å². The summed E-state index contributed by atoms with van der Waals surface area (Å²) in [4.78, 5) is 24.1. The first-order valence-corrected chi connectivity index (χ1v) is 9.47. The molecule has 4 rings (SSSR count). The van der Waals surface area contributed by atoms with Crippen molar-refractivity contribution in [3.63, 3.8) is 0 Å². The molecule has 2 heterocycles. The van der Waals surface area contributed by atoms with Gasteiger partial charge in [0.15, 0.2) is 17.2 Å². The molecule has 1 unspecified atom stereocenters. The van der Waals surface area contributed by atoms with Crippen LogP contribution in [0.15, 0.2) is 48.5 Å². The van der Waals surface area contributed by atoms with E-state index in [0.717, 1.165) is 10.7 Å². The average molecular weight is 466 g/mol. The van der Waals surface area contributed by atoms with Crippen LogP contribution in [0, 0.1) is 0 Å². The van der Waals surface area contributed by atoms with E-state index in [-0.39, 0.29) is 28.6 Å². The zero-order valence-electron chi connectivity index (χ0n) is 16.0. The highest BCUT2D eigenvalue weighted by Crippen LogP contribution is 2.45. The van der Waals surface area contributed by atoms with Gasteiger partial charge in [-0.2, -0.15) is 5.10 Å². The van der Waals surface area contributed by atoms with Gasteiger partial charge in [-0.1, -0.05) is 29.8 Å². The maximum atomic E-state index is 13.5. The zero-order valence-corrected chi connectivity index (χ0v) is 16.7. The van der Waals surface area contributed by atoms with E-state index < -0.39 is 30.6 Å². The Hall–Kier alpha value is -3.86. The lowest BCUT2D eigenvalue weighted by Gasteiger charge is -2.18. The molecule has 0 spiro atoms. The van der Waals surface area contributed by atoms with Crippen molar-refractivity contribution in [2.75, 3.05) is 0 Å². The number of hydrogen-bond acceptors (Lipinski definition) is 6. The summed E-state index contributed by atoms with van der Waals surface area (Å²) < 4.78 is 37.0. The van der Waals surface area contributed by atoms with Gasteiger partial charge in [-0.25, -0.2) is 4.68 Å². The molecule has 2 aromatic carbocycles. The molecular formula is C20H14ClF2N3O6. The molecule has 12 heteroatoms. The Morgan fingerprint density at radius 2 is 1.94 bits per heavy atom. The third-order valence-electron chi connectivity index (χ3n) is 4.49. The molecule has 9 nitrogen and oxygen atoms in total. The van der Waals surface area contributed by atoms with Crippen LogP contribution in [0.3, 0.4) is 0 Å². The Labute approximate surface area is 183 Å². The molecule has 1 atom stereocenters. The number of hydrogen-bond donors (Lipinski definition) is 3. The molecular weight excluding hydrogens is 452 g/mol. The third-order valence-corrected chi connectivity index (χ3v) is 4.73. The first-order chi connectivity index (χ1) is 15.1. The predicted octanol–water partition coefficient (Wildman–Crippen LogP) is 3.50. The quantitative estimate of drug-likeness (QED) is 0.509. The lowest BCUT2D eigenvalue weighted by molar-refractivity contribution is -0.287. The normalized spacial score (nSPS) is 14.7. The zero-order chi connectivity index (χ0) is 23.0. The molecule has 0 radical (unpaired) electrons. The van der Waals surface area contributed by atoms with Crippen LogP contribution < -0.4 is 14.8 Å². The summed E-state index contributed by atoms with van der Waals surface area (Å²) in [6.07, 6.45) is -4.56. The molecule has 0 fully saturated rings. The van der Waals surface area contributed by atoms with Crippen LogP contribution in [0.25, 0.3) is 5.69 Å². The number of carboxylic acids is 1. The topological polar surface area (TPSA) is 123 Å². The van der Waals surface area contributed by atoms with Crippen LogP contribution in [0.1, 0.15) is 28.5 Å². The van der Waals surface area contributed by atoms with Gasteiger partial charge in [-0.15, -0.1) is 8.78 Å². The number of ether oxygens (including phenoxy) is 2. The number of para-hydroxylation sites is 1. The maximum Gasteiger partial charge on any atom is 0.586 e. The lowest BCUT2D eigenvalue weighted by atomic mass is 10.0. The summed E-state index contributed by atoms with van der Waals surface area (Å²) in [6.45, 7) is 0. The van der Waals surface area contributed by atoms with Crippen LogP contribution in [-0.4, -0.2) is 38.2 Å². The second-order valence-electron chi connectivity index (χ2n) is 6.75. The fourth-order valence-electron chi connectivity index (χ4n) is 3.19. The monoisotopic (exact) mass is 465 g/mol. The lowest BCUT2D eigenvalue weighted by Crippen LogP contribution is -2.31. The predicted molar refractivity (Wildman–Crippen MR) is 105 cm³/mol. The molecule has 1 aliphatic rings. The molecule has 166 valence electrons. The number of halogens is 3. The molecule has 0 saturated heterocycles. The summed E-state index contributed by atoms with van der Waals surface area (Å²) in [6, 6.07) is 10.1. The second kappa shape index (κ2) is 8.00. The Morgan fingerprint density at radius 3 is 2.66 bits per heavy atom. The average Bonchev–Trinajstić information content (AvgIpc) is 3.25. The number of aromatic hydroxyl groups is 1. The van der Waals surface area contributed by atoms with E-state index in [1.165, 1.54) is 24.3 Å². The van der Waals surface area contributed by atoms with E-state index in [0.29, 0.717) is 10.7 Å². The van der Waals surface area contributed by atoms with Crippen molar-refractivity contribution in [1.82, 2.24) is 15.1 Å². The molecule has 1 amide bonds. The summed E-state index contributed by atoms with van der Waals surface area (Å²) in [5.74, 6) is -3.19. The molecule has 32 heavy (non-hydrogen) atoms. The van der Waals surface area contributed by atoms with Crippen molar-refractivity contribution in [3.05, 3.63) is 64.8 Å². The van der Waals surface area contributed by atoms with Gasteiger partial charge < -0.3 is 25.0 Å². The molecule has 0 saturated carbocycles. The van der Waals surface area contributed by atoms with Crippen molar-refractivity contribution in [2.45, 2.75) is 18.8 Å². The van der Waals surface area contributed by atoms with Gasteiger partial charge in [-0.05, 0) is 24.3 Å². The number of alkyl halides is 2. The molecule has 1 aliphatic heterocycles. The number of aromatic nitrogens is 2. The van der Waals surface area contributed by atoms with Gasteiger partial charge in [0.1, 0.15) is 0 Å². The Bertz CT molecular complexity index is 1220. The van der Waals surface area contributed by atoms with E-state index in [4.69, 9.17) is 11.6 Å². The van der Waals surface area contributed by atoms with Crippen LogP contribution in [0.4, 0.5) is 8.78 Å². The summed E-state index contributed by atoms with van der Waals surface area (Å²) in [5.41, 5.74) is 0.117. The van der Waals surface area contributed by atoms with E-state index in [1.807, 2.05) is 0 Å². The van der Waals surface area contributed by atoms with E-state index in [2.05, 4.69) is 19.9 Å². The number of fused-ring (bicyclic) bond motifs is 1. The minimum Gasteiger partial charge on any atom is -0.493 e. The number of nitrogens with zero attached hydrogens (tertiary/aromatic N) is 2. The van der Waals surface area contributed by atoms with Gasteiger partial charge in [-0.3, -0.25) is 9.59 Å². The molecule has 0 aliphatic carbocycles. The highest BCUT2D eigenvalue weighted by Gasteiger charge is 2.45. The van der Waals surface area contributed by atoms with E-state index in [1.54, 1.807) is 18.2 Å². The SMILES string of the molecule is O=C(O)CC(NC(=O)c1cc(O)n(-c2cccc(Cl)c2)n1)c1cccc2c1OC(F)(F)O2. The molecule has 3 aromatic rings. The summed E-state index contributed by atoms with van der Waals surface area (Å²) in [5, 5.41) is 26.2. The van der Waals surface area contributed by atoms with Gasteiger partial charge in [0.2, 0.25) is 5.88 Å². The molecule has 1 aromatic heterocycles. The molecule has 0 bridgehead atoms. The summed E-state index contributed by atoms with van der Waals surface area (Å²) in [7, 11) is 0. The Morgan fingerprint density at radius 1 is 1.19 bits per heavy atom. The number of carbonyl (C=O) groups excluding carboxylic acids is 1. The van der Waals surface area contributed by atoms with Crippen molar-refractivity contribution in [2.24, 2.45) is 0 Å².